The molecule has 0 aliphatic carbocycles. The quantitative estimate of drug-likeness (QED) is 0.895. The normalized spacial score (nSPS) is 11.9. The summed E-state index contributed by atoms with van der Waals surface area (Å²) in [6.07, 6.45) is 0.550. The van der Waals surface area contributed by atoms with Crippen LogP contribution in [0.3, 0.4) is 0 Å². The Morgan fingerprint density at radius 2 is 2.12 bits per heavy atom. The summed E-state index contributed by atoms with van der Waals surface area (Å²) in [5, 5.41) is 6.06. The van der Waals surface area contributed by atoms with Crippen molar-refractivity contribution in [2.24, 2.45) is 5.41 Å². The fourth-order valence-corrected chi connectivity index (χ4v) is 2.24. The van der Waals surface area contributed by atoms with Crippen LogP contribution in [0.1, 0.15) is 57.7 Å². The van der Waals surface area contributed by atoms with Gasteiger partial charge in [-0.25, -0.2) is 4.98 Å². The molecule has 4 heteroatoms. The standard InChI is InChI=1S/C13H22N2OS/c1-9(2)12-15-10(8-17-12)7-14-11(16)6-13(3,4)5/h8-9H,6-7H2,1-5H3,(H,14,16). The van der Waals surface area contributed by atoms with Gasteiger partial charge in [0.25, 0.3) is 0 Å². The summed E-state index contributed by atoms with van der Waals surface area (Å²) in [7, 11) is 0. The molecule has 0 atom stereocenters. The van der Waals surface area contributed by atoms with Crippen LogP contribution < -0.4 is 5.32 Å². The zero-order valence-electron chi connectivity index (χ0n) is 11.3. The molecule has 1 aromatic heterocycles. The van der Waals surface area contributed by atoms with Crippen molar-refractivity contribution >= 4 is 17.2 Å². The van der Waals surface area contributed by atoms with E-state index in [4.69, 9.17) is 0 Å². The summed E-state index contributed by atoms with van der Waals surface area (Å²) in [5.41, 5.74) is 0.996. The van der Waals surface area contributed by atoms with Crippen LogP contribution in [-0.4, -0.2) is 10.9 Å². The molecule has 0 aromatic carbocycles. The predicted octanol–water partition coefficient (Wildman–Crippen LogP) is 3.32. The SMILES string of the molecule is CC(C)c1nc(CNC(=O)CC(C)(C)C)cs1. The maximum atomic E-state index is 11.6. The lowest BCUT2D eigenvalue weighted by molar-refractivity contribution is -0.122. The summed E-state index contributed by atoms with van der Waals surface area (Å²) >= 11 is 1.66. The lowest BCUT2D eigenvalue weighted by Gasteiger charge is -2.16. The van der Waals surface area contributed by atoms with E-state index in [1.807, 2.05) is 5.38 Å². The molecular weight excluding hydrogens is 232 g/mol. The molecular formula is C13H22N2OS. The molecule has 0 aliphatic rings. The predicted molar refractivity (Wildman–Crippen MR) is 72.1 cm³/mol. The molecule has 1 amide bonds. The van der Waals surface area contributed by atoms with Crippen LogP contribution in [0, 0.1) is 5.41 Å². The molecule has 0 aliphatic heterocycles. The molecule has 1 N–H and O–H groups in total. The van der Waals surface area contributed by atoms with Gasteiger partial charge in [-0.1, -0.05) is 34.6 Å². The van der Waals surface area contributed by atoms with Gasteiger partial charge in [0.2, 0.25) is 5.91 Å². The second kappa shape index (κ2) is 5.63. The summed E-state index contributed by atoms with van der Waals surface area (Å²) in [4.78, 5) is 16.1. The number of nitrogens with one attached hydrogen (secondary N) is 1. The number of thiazole rings is 1. The Morgan fingerprint density at radius 1 is 1.47 bits per heavy atom. The first kappa shape index (κ1) is 14.2. The third kappa shape index (κ3) is 5.31. The van der Waals surface area contributed by atoms with Crippen molar-refractivity contribution in [3.8, 4) is 0 Å². The highest BCUT2D eigenvalue weighted by molar-refractivity contribution is 7.09. The topological polar surface area (TPSA) is 42.0 Å². The van der Waals surface area contributed by atoms with Crippen molar-refractivity contribution in [2.75, 3.05) is 0 Å². The third-order valence-corrected chi connectivity index (χ3v) is 3.42. The molecule has 0 spiro atoms. The molecule has 3 nitrogen and oxygen atoms in total. The Kier molecular flexibility index (Phi) is 4.69. The Labute approximate surface area is 108 Å². The molecule has 0 unspecified atom stereocenters. The fraction of sp³-hybridized carbons (Fsp3) is 0.692. The summed E-state index contributed by atoms with van der Waals surface area (Å²) in [5.74, 6) is 0.552. The van der Waals surface area contributed by atoms with E-state index in [0.29, 0.717) is 18.9 Å². The highest BCUT2D eigenvalue weighted by Gasteiger charge is 2.15. The van der Waals surface area contributed by atoms with Gasteiger partial charge >= 0.3 is 0 Å². The van der Waals surface area contributed by atoms with Gasteiger partial charge in [0.15, 0.2) is 0 Å². The second-order valence-electron chi connectivity index (χ2n) is 5.85. The number of nitrogens with zero attached hydrogens (tertiary/aromatic N) is 1. The van der Waals surface area contributed by atoms with E-state index in [1.54, 1.807) is 11.3 Å². The average Bonchev–Trinajstić information content (AvgIpc) is 2.60. The highest BCUT2D eigenvalue weighted by Crippen LogP contribution is 2.20. The van der Waals surface area contributed by atoms with Crippen LogP contribution >= 0.6 is 11.3 Å². The fourth-order valence-electron chi connectivity index (χ4n) is 1.40. The number of aromatic nitrogens is 1. The molecule has 0 saturated carbocycles. The van der Waals surface area contributed by atoms with E-state index in [1.165, 1.54) is 0 Å². The van der Waals surface area contributed by atoms with Gasteiger partial charge in [0.1, 0.15) is 0 Å². The Hall–Kier alpha value is -0.900. The molecule has 0 radical (unpaired) electrons. The van der Waals surface area contributed by atoms with Gasteiger partial charge in [-0.3, -0.25) is 4.79 Å². The molecule has 0 saturated heterocycles. The first-order valence-corrected chi connectivity index (χ1v) is 6.87. The van der Waals surface area contributed by atoms with Crippen molar-refractivity contribution < 1.29 is 4.79 Å². The first-order chi connectivity index (χ1) is 7.78. The summed E-state index contributed by atoms with van der Waals surface area (Å²) < 4.78 is 0. The zero-order chi connectivity index (χ0) is 13.1. The number of rotatable bonds is 4. The van der Waals surface area contributed by atoms with E-state index in [9.17, 15) is 4.79 Å². The zero-order valence-corrected chi connectivity index (χ0v) is 12.1. The van der Waals surface area contributed by atoms with Crippen LogP contribution in [0.4, 0.5) is 0 Å². The number of hydrogen-bond acceptors (Lipinski definition) is 3. The van der Waals surface area contributed by atoms with Crippen molar-refractivity contribution in [2.45, 2.75) is 53.5 Å². The first-order valence-electron chi connectivity index (χ1n) is 5.99. The molecule has 0 bridgehead atoms. The third-order valence-electron chi connectivity index (χ3n) is 2.22. The average molecular weight is 254 g/mol. The monoisotopic (exact) mass is 254 g/mol. The minimum absolute atomic E-state index is 0.0370. The van der Waals surface area contributed by atoms with E-state index >= 15 is 0 Å². The maximum Gasteiger partial charge on any atom is 0.220 e. The van der Waals surface area contributed by atoms with E-state index in [0.717, 1.165) is 10.7 Å². The van der Waals surface area contributed by atoms with Crippen LogP contribution in [0.2, 0.25) is 0 Å². The number of carbonyl (C=O) groups is 1. The van der Waals surface area contributed by atoms with Crippen molar-refractivity contribution in [3.63, 3.8) is 0 Å². The van der Waals surface area contributed by atoms with Crippen LogP contribution in [-0.2, 0) is 11.3 Å². The molecule has 96 valence electrons. The maximum absolute atomic E-state index is 11.6. The lowest BCUT2D eigenvalue weighted by Crippen LogP contribution is -2.27. The van der Waals surface area contributed by atoms with Crippen LogP contribution in [0.15, 0.2) is 5.38 Å². The van der Waals surface area contributed by atoms with Crippen LogP contribution in [0.25, 0.3) is 0 Å². The van der Waals surface area contributed by atoms with E-state index in [2.05, 4.69) is 44.9 Å². The molecule has 17 heavy (non-hydrogen) atoms. The Morgan fingerprint density at radius 3 is 2.59 bits per heavy atom. The largest absolute Gasteiger partial charge is 0.350 e. The van der Waals surface area contributed by atoms with Gasteiger partial charge in [-0.2, -0.15) is 0 Å². The van der Waals surface area contributed by atoms with Gasteiger partial charge in [0, 0.05) is 17.7 Å². The smallest absolute Gasteiger partial charge is 0.220 e. The van der Waals surface area contributed by atoms with Gasteiger partial charge < -0.3 is 5.32 Å². The van der Waals surface area contributed by atoms with Crippen LogP contribution in [0.5, 0.6) is 0 Å². The number of amides is 1. The molecule has 0 fully saturated rings. The molecule has 1 rings (SSSR count). The number of hydrogen-bond donors (Lipinski definition) is 1. The van der Waals surface area contributed by atoms with E-state index < -0.39 is 0 Å². The van der Waals surface area contributed by atoms with Gasteiger partial charge in [-0.15, -0.1) is 11.3 Å². The minimum atomic E-state index is 0.0370. The summed E-state index contributed by atoms with van der Waals surface area (Å²) in [6.45, 7) is 11.0. The molecule has 1 heterocycles. The van der Waals surface area contributed by atoms with Gasteiger partial charge in [-0.05, 0) is 5.41 Å². The number of carbonyl (C=O) groups excluding carboxylic acids is 1. The second-order valence-corrected chi connectivity index (χ2v) is 6.74. The minimum Gasteiger partial charge on any atom is -0.350 e. The summed E-state index contributed by atoms with van der Waals surface area (Å²) in [6, 6.07) is 0. The van der Waals surface area contributed by atoms with Crippen molar-refractivity contribution in [1.29, 1.82) is 0 Å². The van der Waals surface area contributed by atoms with Crippen molar-refractivity contribution in [3.05, 3.63) is 16.1 Å². The Bertz CT molecular complexity index is 377. The Balaban J connectivity index is 2.42. The van der Waals surface area contributed by atoms with Gasteiger partial charge in [0.05, 0.1) is 17.2 Å². The molecule has 1 aromatic rings. The van der Waals surface area contributed by atoms with E-state index in [-0.39, 0.29) is 11.3 Å². The van der Waals surface area contributed by atoms with Crippen molar-refractivity contribution in [1.82, 2.24) is 10.3 Å². The highest BCUT2D eigenvalue weighted by atomic mass is 32.1. The lowest BCUT2D eigenvalue weighted by atomic mass is 9.92.